The summed E-state index contributed by atoms with van der Waals surface area (Å²) in [5, 5.41) is 34.9. The van der Waals surface area contributed by atoms with Crippen LogP contribution in [0.15, 0.2) is 22.7 Å². The zero-order valence-corrected chi connectivity index (χ0v) is 14.1. The Balaban J connectivity index is 2.14. The first kappa shape index (κ1) is 16.4. The van der Waals surface area contributed by atoms with Gasteiger partial charge < -0.3 is 19.9 Å². The fraction of sp³-hybridized carbons (Fsp3) is 0.133. The van der Waals surface area contributed by atoms with Crippen molar-refractivity contribution in [2.24, 2.45) is 0 Å². The Hall–Kier alpha value is -2.51. The Bertz CT molecular complexity index is 927. The van der Waals surface area contributed by atoms with E-state index in [0.717, 1.165) is 0 Å². The predicted octanol–water partition coefficient (Wildman–Crippen LogP) is 3.37. The maximum Gasteiger partial charge on any atom is 0.298 e. The monoisotopic (exact) mass is 367 g/mol. The Morgan fingerprint density at radius 2 is 1.88 bits per heavy atom. The Labute approximate surface area is 146 Å². The molecule has 0 saturated heterocycles. The van der Waals surface area contributed by atoms with Crippen molar-refractivity contribution in [1.82, 2.24) is 10.1 Å². The molecule has 3 aromatic rings. The lowest BCUT2D eigenvalue weighted by Crippen LogP contribution is -2.33. The summed E-state index contributed by atoms with van der Waals surface area (Å²) in [6.45, 7) is 3.25. The van der Waals surface area contributed by atoms with E-state index in [9.17, 15) is 15.4 Å². The van der Waals surface area contributed by atoms with Crippen molar-refractivity contribution in [2.75, 3.05) is 0 Å². The van der Waals surface area contributed by atoms with Crippen LogP contribution in [0.2, 0.25) is 10.2 Å². The topological polar surface area (TPSA) is 106 Å². The van der Waals surface area contributed by atoms with Gasteiger partial charge in [-0.05, 0) is 42.3 Å². The van der Waals surface area contributed by atoms with Crippen LogP contribution in [0.25, 0.3) is 22.8 Å². The fourth-order valence-electron chi connectivity index (χ4n) is 2.23. The van der Waals surface area contributed by atoms with E-state index in [1.165, 1.54) is 18.2 Å². The quantitative estimate of drug-likeness (QED) is 0.311. The zero-order chi connectivity index (χ0) is 17.6. The van der Waals surface area contributed by atoms with Crippen molar-refractivity contribution in [3.8, 4) is 34.3 Å². The number of nitrogens with zero attached hydrogens (tertiary/aromatic N) is 3. The molecule has 0 aliphatic rings. The van der Waals surface area contributed by atoms with Crippen LogP contribution in [0.4, 0.5) is 0 Å². The third-order valence-electron chi connectivity index (χ3n) is 3.58. The number of rotatable bonds is 2. The molecule has 24 heavy (non-hydrogen) atoms. The lowest BCUT2D eigenvalue weighted by atomic mass is 10.1. The second-order valence-corrected chi connectivity index (χ2v) is 5.85. The molecule has 1 aromatic carbocycles. The van der Waals surface area contributed by atoms with Gasteiger partial charge in [0.15, 0.2) is 11.5 Å². The molecule has 0 spiro atoms. The SMILES string of the molecule is Cc1c(Cl)c(C)[n+]([O-])c(Cl)c1-c1noc(-c2ccc(O)c(O)c2)n1. The minimum Gasteiger partial charge on any atom is -0.617 e. The van der Waals surface area contributed by atoms with Crippen molar-refractivity contribution in [3.63, 3.8) is 0 Å². The number of halogens is 2. The van der Waals surface area contributed by atoms with Crippen LogP contribution in [-0.2, 0) is 0 Å². The molecule has 3 rings (SSSR count). The summed E-state index contributed by atoms with van der Waals surface area (Å²) >= 11 is 12.3. The van der Waals surface area contributed by atoms with Crippen LogP contribution in [0.3, 0.4) is 0 Å². The first-order chi connectivity index (χ1) is 11.3. The van der Waals surface area contributed by atoms with E-state index in [1.54, 1.807) is 13.8 Å². The number of pyridine rings is 1. The number of hydrogen-bond donors (Lipinski definition) is 2. The first-order valence-electron chi connectivity index (χ1n) is 6.75. The summed E-state index contributed by atoms with van der Waals surface area (Å²) < 4.78 is 5.65. The lowest BCUT2D eigenvalue weighted by molar-refractivity contribution is -0.609. The molecule has 0 aliphatic heterocycles. The minimum atomic E-state index is -0.322. The molecular weight excluding hydrogens is 357 g/mol. The normalized spacial score (nSPS) is 11.0. The molecule has 0 fully saturated rings. The minimum absolute atomic E-state index is 0.0879. The molecule has 0 radical (unpaired) electrons. The number of hydrogen-bond acceptors (Lipinski definition) is 6. The summed E-state index contributed by atoms with van der Waals surface area (Å²) in [6.07, 6.45) is 0. The summed E-state index contributed by atoms with van der Waals surface area (Å²) in [5.41, 5.74) is 1.48. The average Bonchev–Trinajstić information content (AvgIpc) is 3.03. The highest BCUT2D eigenvalue weighted by atomic mass is 35.5. The number of phenols is 2. The van der Waals surface area contributed by atoms with Gasteiger partial charge in [-0.2, -0.15) is 9.71 Å². The summed E-state index contributed by atoms with van der Waals surface area (Å²) in [4.78, 5) is 4.19. The average molecular weight is 368 g/mol. The molecule has 7 nitrogen and oxygen atoms in total. The van der Waals surface area contributed by atoms with Gasteiger partial charge in [0.25, 0.3) is 11.0 Å². The molecule has 0 saturated carbocycles. The third kappa shape index (κ3) is 2.51. The number of phenolic OH excluding ortho intramolecular Hbond substituents is 2. The van der Waals surface area contributed by atoms with E-state index in [4.69, 9.17) is 27.7 Å². The number of aromatic hydroxyl groups is 2. The van der Waals surface area contributed by atoms with Gasteiger partial charge in [-0.1, -0.05) is 16.8 Å². The van der Waals surface area contributed by atoms with Crippen LogP contribution in [-0.4, -0.2) is 20.4 Å². The molecule has 2 heterocycles. The van der Waals surface area contributed by atoms with E-state index >= 15 is 0 Å². The molecule has 0 amide bonds. The lowest BCUT2D eigenvalue weighted by Gasteiger charge is -2.10. The van der Waals surface area contributed by atoms with Crippen molar-refractivity contribution < 1.29 is 19.5 Å². The van der Waals surface area contributed by atoms with E-state index < -0.39 is 0 Å². The molecule has 0 aliphatic carbocycles. The molecule has 0 bridgehead atoms. The smallest absolute Gasteiger partial charge is 0.298 e. The summed E-state index contributed by atoms with van der Waals surface area (Å²) in [5.74, 6) is -0.413. The van der Waals surface area contributed by atoms with Crippen LogP contribution < -0.4 is 4.73 Å². The highest BCUT2D eigenvalue weighted by Crippen LogP contribution is 2.35. The van der Waals surface area contributed by atoms with Gasteiger partial charge in [0.05, 0.1) is 0 Å². The molecular formula is C15H11Cl2N3O4. The van der Waals surface area contributed by atoms with E-state index in [2.05, 4.69) is 10.1 Å². The second-order valence-electron chi connectivity index (χ2n) is 5.11. The standard InChI is InChI=1S/C15H11Cl2N3O4/c1-6-11(13(17)20(23)7(2)12(6)16)14-18-15(24-19-14)8-3-4-9(21)10(22)5-8/h3-5,21-22H,1-2H3. The highest BCUT2D eigenvalue weighted by molar-refractivity contribution is 6.34. The third-order valence-corrected chi connectivity index (χ3v) is 4.48. The fourth-order valence-corrected chi connectivity index (χ4v) is 2.76. The van der Waals surface area contributed by atoms with Crippen LogP contribution >= 0.6 is 23.2 Å². The molecule has 0 unspecified atom stereocenters. The van der Waals surface area contributed by atoms with Gasteiger partial charge in [0.2, 0.25) is 11.5 Å². The number of benzene rings is 1. The number of aromatic nitrogens is 3. The highest BCUT2D eigenvalue weighted by Gasteiger charge is 2.26. The van der Waals surface area contributed by atoms with Crippen molar-refractivity contribution in [3.05, 3.63) is 44.8 Å². The molecule has 2 aromatic heterocycles. The van der Waals surface area contributed by atoms with Crippen molar-refractivity contribution >= 4 is 23.2 Å². The Kier molecular flexibility index (Phi) is 3.98. The van der Waals surface area contributed by atoms with E-state index in [0.29, 0.717) is 15.9 Å². The van der Waals surface area contributed by atoms with Gasteiger partial charge >= 0.3 is 0 Å². The Morgan fingerprint density at radius 3 is 2.54 bits per heavy atom. The largest absolute Gasteiger partial charge is 0.617 e. The van der Waals surface area contributed by atoms with Gasteiger partial charge in [-0.15, -0.1) is 0 Å². The van der Waals surface area contributed by atoms with Crippen LogP contribution in [0.5, 0.6) is 11.5 Å². The van der Waals surface area contributed by atoms with Gasteiger partial charge in [-0.25, -0.2) is 0 Å². The molecule has 124 valence electrons. The second kappa shape index (κ2) is 5.85. The maximum absolute atomic E-state index is 12.0. The predicted molar refractivity (Wildman–Crippen MR) is 87.0 cm³/mol. The van der Waals surface area contributed by atoms with E-state index in [-0.39, 0.29) is 44.6 Å². The molecule has 2 N–H and O–H groups in total. The van der Waals surface area contributed by atoms with Crippen LogP contribution in [0.1, 0.15) is 11.3 Å². The molecule has 9 heteroatoms. The molecule has 0 atom stereocenters. The van der Waals surface area contributed by atoms with Gasteiger partial charge in [0.1, 0.15) is 10.6 Å². The first-order valence-corrected chi connectivity index (χ1v) is 7.51. The van der Waals surface area contributed by atoms with Gasteiger partial charge in [-0.3, -0.25) is 0 Å². The Morgan fingerprint density at radius 1 is 1.17 bits per heavy atom. The van der Waals surface area contributed by atoms with Crippen LogP contribution in [0, 0.1) is 19.1 Å². The van der Waals surface area contributed by atoms with Crippen molar-refractivity contribution in [2.45, 2.75) is 13.8 Å². The maximum atomic E-state index is 12.0. The van der Waals surface area contributed by atoms with E-state index in [1.807, 2.05) is 0 Å². The summed E-state index contributed by atoms with van der Waals surface area (Å²) in [7, 11) is 0. The summed E-state index contributed by atoms with van der Waals surface area (Å²) in [6, 6.07) is 4.06. The van der Waals surface area contributed by atoms with Gasteiger partial charge in [0, 0.05) is 12.5 Å². The van der Waals surface area contributed by atoms with Crippen molar-refractivity contribution in [1.29, 1.82) is 0 Å². The zero-order valence-electron chi connectivity index (χ0n) is 12.5.